The molecule has 0 fully saturated rings. The number of hydrogen-bond donors (Lipinski definition) is 0. The van der Waals surface area contributed by atoms with Gasteiger partial charge in [0.15, 0.2) is 6.79 Å². The molecule has 1 aliphatic heterocycles. The summed E-state index contributed by atoms with van der Waals surface area (Å²) in [5.74, 6) is -0.148. The van der Waals surface area contributed by atoms with Crippen molar-refractivity contribution >= 4 is 29.1 Å². The summed E-state index contributed by atoms with van der Waals surface area (Å²) in [6, 6.07) is 16.3. The molecule has 0 unspecified atom stereocenters. The van der Waals surface area contributed by atoms with Gasteiger partial charge in [0.2, 0.25) is 0 Å². The lowest BCUT2D eigenvalue weighted by atomic mass is 10.1. The van der Waals surface area contributed by atoms with Crippen LogP contribution in [0.4, 0.5) is 5.69 Å². The van der Waals surface area contributed by atoms with Crippen molar-refractivity contribution in [2.75, 3.05) is 6.79 Å². The number of non-ortho nitro benzene ring substituents is 1. The number of nitro benzene ring substituents is 1. The summed E-state index contributed by atoms with van der Waals surface area (Å²) >= 11 is 1.55. The number of carbonyl (C=O) groups is 1. The van der Waals surface area contributed by atoms with Gasteiger partial charge in [0.05, 0.1) is 22.1 Å². The van der Waals surface area contributed by atoms with Crippen LogP contribution in [0.1, 0.15) is 16.7 Å². The van der Waals surface area contributed by atoms with Crippen molar-refractivity contribution in [3.63, 3.8) is 0 Å². The molecule has 2 aromatic carbocycles. The molecule has 176 valence electrons. The fourth-order valence-corrected chi connectivity index (χ4v) is 4.41. The Kier molecular flexibility index (Phi) is 6.38. The van der Waals surface area contributed by atoms with Crippen molar-refractivity contribution in [3.05, 3.63) is 99.1 Å². The molecular weight excluding hydrogens is 470 g/mol. The summed E-state index contributed by atoms with van der Waals surface area (Å²) in [5, 5.41) is 17.9. The topological polar surface area (TPSA) is 106 Å². The van der Waals surface area contributed by atoms with Gasteiger partial charge in [0.25, 0.3) is 5.69 Å². The minimum Gasteiger partial charge on any atom is -0.467 e. The number of aromatic nitrogens is 2. The van der Waals surface area contributed by atoms with Crippen LogP contribution in [-0.2, 0) is 27.5 Å². The number of thiophene rings is 1. The number of para-hydroxylation sites is 1. The van der Waals surface area contributed by atoms with E-state index in [0.29, 0.717) is 16.9 Å². The van der Waals surface area contributed by atoms with Crippen molar-refractivity contribution in [2.24, 2.45) is 0 Å². The van der Waals surface area contributed by atoms with Gasteiger partial charge in [-0.3, -0.25) is 10.1 Å². The van der Waals surface area contributed by atoms with E-state index in [0.717, 1.165) is 21.8 Å². The third-order valence-electron chi connectivity index (χ3n) is 5.27. The minimum atomic E-state index is -0.595. The molecule has 5 rings (SSSR count). The summed E-state index contributed by atoms with van der Waals surface area (Å²) < 4.78 is 17.8. The van der Waals surface area contributed by atoms with Crippen LogP contribution in [-0.4, -0.2) is 27.5 Å². The maximum Gasteiger partial charge on any atom is 0.331 e. The second kappa shape index (κ2) is 9.92. The molecule has 35 heavy (non-hydrogen) atoms. The van der Waals surface area contributed by atoms with E-state index >= 15 is 0 Å². The highest BCUT2D eigenvalue weighted by atomic mass is 32.1. The van der Waals surface area contributed by atoms with E-state index in [1.807, 2.05) is 54.0 Å². The predicted octanol–water partition coefficient (Wildman–Crippen LogP) is 5.13. The van der Waals surface area contributed by atoms with Crippen LogP contribution in [0, 0.1) is 10.1 Å². The summed E-state index contributed by atoms with van der Waals surface area (Å²) in [6.45, 7) is 0.0472. The third-order valence-corrected chi connectivity index (χ3v) is 6.15. The molecule has 2 aromatic heterocycles. The Hall–Kier alpha value is -4.28. The van der Waals surface area contributed by atoms with Gasteiger partial charge in [-0.15, -0.1) is 11.3 Å². The molecule has 0 radical (unpaired) electrons. The number of carbonyl (C=O) groups excluding carboxylic acids is 1. The van der Waals surface area contributed by atoms with Gasteiger partial charge in [0.1, 0.15) is 18.1 Å². The van der Waals surface area contributed by atoms with E-state index in [9.17, 15) is 14.9 Å². The number of nitro groups is 1. The van der Waals surface area contributed by atoms with Crippen molar-refractivity contribution in [1.82, 2.24) is 9.78 Å². The number of ether oxygens (including phenoxy) is 3. The van der Waals surface area contributed by atoms with Gasteiger partial charge in [-0.1, -0.05) is 24.3 Å². The van der Waals surface area contributed by atoms with Crippen molar-refractivity contribution in [1.29, 1.82) is 0 Å². The highest BCUT2D eigenvalue weighted by Gasteiger charge is 2.21. The molecular formula is C25H19N3O6S. The number of rotatable bonds is 7. The first kappa shape index (κ1) is 22.5. The number of benzene rings is 2. The maximum atomic E-state index is 12.5. The number of fused-ring (bicyclic) bond motifs is 1. The van der Waals surface area contributed by atoms with E-state index in [-0.39, 0.29) is 25.7 Å². The molecule has 3 heterocycles. The molecule has 1 aliphatic rings. The number of hydrogen-bond acceptors (Lipinski definition) is 8. The Labute approximate surface area is 203 Å². The van der Waals surface area contributed by atoms with E-state index < -0.39 is 10.9 Å². The molecule has 0 saturated heterocycles. The lowest BCUT2D eigenvalue weighted by Crippen LogP contribution is -2.14. The smallest absolute Gasteiger partial charge is 0.331 e. The first-order valence-corrected chi connectivity index (χ1v) is 11.5. The molecule has 0 spiro atoms. The van der Waals surface area contributed by atoms with Gasteiger partial charge >= 0.3 is 5.97 Å². The largest absolute Gasteiger partial charge is 0.467 e. The molecule has 10 heteroatoms. The van der Waals surface area contributed by atoms with E-state index in [4.69, 9.17) is 19.3 Å². The zero-order chi connectivity index (χ0) is 24.2. The van der Waals surface area contributed by atoms with Crippen molar-refractivity contribution in [3.8, 4) is 22.0 Å². The fraction of sp³-hybridized carbons (Fsp3) is 0.120. The van der Waals surface area contributed by atoms with Crippen LogP contribution in [0.5, 0.6) is 5.75 Å². The number of nitrogens with zero attached hydrogens (tertiary/aromatic N) is 3. The number of esters is 1. The summed E-state index contributed by atoms with van der Waals surface area (Å²) in [5.41, 5.74) is 3.23. The van der Waals surface area contributed by atoms with E-state index in [1.54, 1.807) is 22.1 Å². The third kappa shape index (κ3) is 4.98. The molecule has 4 aromatic rings. The average Bonchev–Trinajstić information content (AvgIpc) is 3.56. The van der Waals surface area contributed by atoms with E-state index in [1.165, 1.54) is 18.2 Å². The summed E-state index contributed by atoms with van der Waals surface area (Å²) in [4.78, 5) is 24.3. The van der Waals surface area contributed by atoms with Crippen LogP contribution >= 0.6 is 11.3 Å². The molecule has 0 bridgehead atoms. The highest BCUT2D eigenvalue weighted by Crippen LogP contribution is 2.33. The SMILES string of the molecule is O=C(C=Cc1cn(-c2ccccc2)nc1-c1cccs1)OCc1cc([N+](=O)[O-])cc2c1OCOC2. The Bertz CT molecular complexity index is 1400. The standard InChI is InChI=1S/C25H19N3O6S/c29-23(33-15-19-12-21(28(30)31)11-18-14-32-16-34-25(18)19)9-8-17-13-27(20-5-2-1-3-6-20)26-24(17)22-7-4-10-35-22/h1-13H,14-16H2. The molecule has 0 saturated carbocycles. The monoisotopic (exact) mass is 489 g/mol. The lowest BCUT2D eigenvalue weighted by molar-refractivity contribution is -0.385. The normalized spacial score (nSPS) is 12.8. The highest BCUT2D eigenvalue weighted by molar-refractivity contribution is 7.13. The zero-order valence-corrected chi connectivity index (χ0v) is 19.1. The summed E-state index contributed by atoms with van der Waals surface area (Å²) in [7, 11) is 0. The molecule has 0 aliphatic carbocycles. The zero-order valence-electron chi connectivity index (χ0n) is 18.3. The van der Waals surface area contributed by atoms with Crippen LogP contribution in [0.3, 0.4) is 0 Å². The van der Waals surface area contributed by atoms with Crippen molar-refractivity contribution < 1.29 is 23.9 Å². The molecule has 9 nitrogen and oxygen atoms in total. The Morgan fingerprint density at radius 2 is 2.09 bits per heavy atom. The predicted molar refractivity (Wildman–Crippen MR) is 129 cm³/mol. The quantitative estimate of drug-likeness (QED) is 0.153. The minimum absolute atomic E-state index is 0.0303. The first-order valence-electron chi connectivity index (χ1n) is 10.6. The van der Waals surface area contributed by atoms with Gasteiger partial charge in [-0.05, 0) is 29.7 Å². The second-order valence-electron chi connectivity index (χ2n) is 7.59. The fourth-order valence-electron chi connectivity index (χ4n) is 3.68. The van der Waals surface area contributed by atoms with E-state index in [2.05, 4.69) is 0 Å². The Morgan fingerprint density at radius 3 is 2.86 bits per heavy atom. The van der Waals surface area contributed by atoms with Crippen LogP contribution in [0.25, 0.3) is 22.3 Å². The van der Waals surface area contributed by atoms with Gasteiger partial charge < -0.3 is 14.2 Å². The first-order chi connectivity index (χ1) is 17.1. The van der Waals surface area contributed by atoms with Crippen molar-refractivity contribution in [2.45, 2.75) is 13.2 Å². The van der Waals surface area contributed by atoms with Gasteiger partial charge in [-0.25, -0.2) is 9.48 Å². The lowest BCUT2D eigenvalue weighted by Gasteiger charge is -2.20. The molecule has 0 N–H and O–H groups in total. The molecule has 0 amide bonds. The van der Waals surface area contributed by atoms with Crippen LogP contribution in [0.15, 0.2) is 72.3 Å². The van der Waals surface area contributed by atoms with Gasteiger partial charge in [-0.2, -0.15) is 5.10 Å². The second-order valence-corrected chi connectivity index (χ2v) is 8.54. The Morgan fingerprint density at radius 1 is 1.23 bits per heavy atom. The summed E-state index contributed by atoms with van der Waals surface area (Å²) in [6.07, 6.45) is 4.81. The molecule has 0 atom stereocenters. The van der Waals surface area contributed by atoms with Crippen LogP contribution in [0.2, 0.25) is 0 Å². The Balaban J connectivity index is 1.36. The van der Waals surface area contributed by atoms with Crippen LogP contribution < -0.4 is 4.74 Å². The van der Waals surface area contributed by atoms with Gasteiger partial charge in [0, 0.05) is 41.1 Å². The average molecular weight is 490 g/mol. The maximum absolute atomic E-state index is 12.5.